The summed E-state index contributed by atoms with van der Waals surface area (Å²) in [4.78, 5) is 34.5. The number of aryl methyl sites for hydroxylation is 2. The minimum atomic E-state index is -0.832. The van der Waals surface area contributed by atoms with Crippen LogP contribution in [0.2, 0.25) is 5.02 Å². The van der Waals surface area contributed by atoms with Gasteiger partial charge in [-0.1, -0.05) is 29.8 Å². The summed E-state index contributed by atoms with van der Waals surface area (Å²) in [5, 5.41) is 13.6. The number of halogens is 1. The number of esters is 1. The molecule has 2 aromatic rings. The summed E-state index contributed by atoms with van der Waals surface area (Å²) >= 11 is 5.73. The van der Waals surface area contributed by atoms with Crippen LogP contribution in [0.4, 0.5) is 5.69 Å². The van der Waals surface area contributed by atoms with Crippen LogP contribution in [0.3, 0.4) is 0 Å². The zero-order valence-corrected chi connectivity index (χ0v) is 16.7. The third-order valence-corrected chi connectivity index (χ3v) is 5.28. The van der Waals surface area contributed by atoms with Crippen LogP contribution in [0.5, 0.6) is 0 Å². The van der Waals surface area contributed by atoms with Gasteiger partial charge in [0.05, 0.1) is 16.5 Å². The largest absolute Gasteiger partial charge is 0.452 e. The summed E-state index contributed by atoms with van der Waals surface area (Å²) in [5.41, 5.74) is 3.25. The van der Waals surface area contributed by atoms with E-state index in [1.165, 1.54) is 36.1 Å². The maximum absolute atomic E-state index is 12.2. The summed E-state index contributed by atoms with van der Waals surface area (Å²) in [5.74, 6) is -1.28. The normalized spacial score (nSPS) is 13.9. The molecule has 1 unspecified atom stereocenters. The third-order valence-electron chi connectivity index (χ3n) is 4.96. The van der Waals surface area contributed by atoms with Crippen molar-refractivity contribution in [2.75, 3.05) is 6.61 Å². The molecular weight excluding hydrogens is 396 g/mol. The highest BCUT2D eigenvalue weighted by atomic mass is 35.5. The Hall–Kier alpha value is -2.93. The number of amides is 1. The molecule has 1 aliphatic rings. The van der Waals surface area contributed by atoms with E-state index >= 15 is 0 Å². The number of nitrogens with one attached hydrogen (secondary N) is 1. The predicted octanol–water partition coefficient (Wildman–Crippen LogP) is 4.16. The second-order valence-electron chi connectivity index (χ2n) is 7.02. The summed E-state index contributed by atoms with van der Waals surface area (Å²) in [6.45, 7) is 1.39. The average Bonchev–Trinajstić information content (AvgIpc) is 2.71. The van der Waals surface area contributed by atoms with Crippen LogP contribution >= 0.6 is 11.6 Å². The molecule has 29 heavy (non-hydrogen) atoms. The Morgan fingerprint density at radius 1 is 1.17 bits per heavy atom. The van der Waals surface area contributed by atoms with Crippen LogP contribution in [0.1, 0.15) is 52.9 Å². The van der Waals surface area contributed by atoms with E-state index in [-0.39, 0.29) is 16.6 Å². The second kappa shape index (κ2) is 9.05. The predicted molar refractivity (Wildman–Crippen MR) is 108 cm³/mol. The lowest BCUT2D eigenvalue weighted by Gasteiger charge is -2.20. The van der Waals surface area contributed by atoms with Gasteiger partial charge in [0.25, 0.3) is 11.6 Å². The van der Waals surface area contributed by atoms with E-state index < -0.39 is 29.1 Å². The van der Waals surface area contributed by atoms with E-state index in [0.717, 1.165) is 24.5 Å². The number of nitro groups is 1. The quantitative estimate of drug-likeness (QED) is 0.433. The number of ether oxygens (including phenoxy) is 1. The molecule has 0 fully saturated rings. The molecule has 0 heterocycles. The SMILES string of the molecule is CC(NC(=O)COC(=O)c1ccc(Cl)c([N+](=O)[O-])c1)c1ccc2c(c1)CCCC2. The molecule has 1 atom stereocenters. The Labute approximate surface area is 173 Å². The van der Waals surface area contributed by atoms with Crippen LogP contribution in [0.25, 0.3) is 0 Å². The minimum Gasteiger partial charge on any atom is -0.452 e. The van der Waals surface area contributed by atoms with E-state index in [1.807, 2.05) is 13.0 Å². The summed E-state index contributed by atoms with van der Waals surface area (Å²) in [6.07, 6.45) is 4.53. The first kappa shape index (κ1) is 20.8. The van der Waals surface area contributed by atoms with Crippen LogP contribution in [-0.2, 0) is 22.4 Å². The highest BCUT2D eigenvalue weighted by molar-refractivity contribution is 6.32. The lowest BCUT2D eigenvalue weighted by atomic mass is 9.89. The van der Waals surface area contributed by atoms with Crippen molar-refractivity contribution in [2.45, 2.75) is 38.6 Å². The summed E-state index contributed by atoms with van der Waals surface area (Å²) in [6, 6.07) is 9.59. The number of nitrogens with zero attached hydrogens (tertiary/aromatic N) is 1. The standard InChI is InChI=1S/C21H21ClN2O5/c1-13(15-7-6-14-4-2-3-5-16(14)10-15)23-20(25)12-29-21(26)17-8-9-18(22)19(11-17)24(27)28/h6-11,13H,2-5,12H2,1H3,(H,23,25). The van der Waals surface area contributed by atoms with Crippen LogP contribution < -0.4 is 5.32 Å². The Morgan fingerprint density at radius 3 is 2.62 bits per heavy atom. The second-order valence-corrected chi connectivity index (χ2v) is 7.43. The van der Waals surface area contributed by atoms with Crippen molar-refractivity contribution in [1.82, 2.24) is 5.32 Å². The van der Waals surface area contributed by atoms with Gasteiger partial charge in [-0.15, -0.1) is 0 Å². The Kier molecular flexibility index (Phi) is 6.49. The highest BCUT2D eigenvalue weighted by Crippen LogP contribution is 2.26. The molecule has 0 aliphatic heterocycles. The Morgan fingerprint density at radius 2 is 1.90 bits per heavy atom. The number of hydrogen-bond donors (Lipinski definition) is 1. The van der Waals surface area contributed by atoms with Gasteiger partial charge in [0.1, 0.15) is 5.02 Å². The number of carbonyl (C=O) groups is 2. The number of fused-ring (bicyclic) bond motifs is 1. The molecule has 0 saturated heterocycles. The van der Waals surface area contributed by atoms with Gasteiger partial charge < -0.3 is 10.1 Å². The Bertz CT molecular complexity index is 960. The molecule has 8 heteroatoms. The fourth-order valence-electron chi connectivity index (χ4n) is 3.38. The van der Waals surface area contributed by atoms with E-state index in [0.29, 0.717) is 0 Å². The Balaban J connectivity index is 1.56. The molecule has 152 valence electrons. The molecule has 1 aliphatic carbocycles. The van der Waals surface area contributed by atoms with Crippen molar-refractivity contribution in [3.8, 4) is 0 Å². The lowest BCUT2D eigenvalue weighted by molar-refractivity contribution is -0.384. The number of nitro benzene ring substituents is 1. The van der Waals surface area contributed by atoms with Gasteiger partial charge in [0.2, 0.25) is 0 Å². The molecule has 0 aromatic heterocycles. The molecular formula is C21H21ClN2O5. The number of carbonyl (C=O) groups excluding carboxylic acids is 2. The molecule has 2 aromatic carbocycles. The van der Waals surface area contributed by atoms with Gasteiger partial charge in [0.15, 0.2) is 6.61 Å². The molecule has 1 amide bonds. The van der Waals surface area contributed by atoms with Crippen molar-refractivity contribution in [2.24, 2.45) is 0 Å². The van der Waals surface area contributed by atoms with Gasteiger partial charge in [0, 0.05) is 6.07 Å². The fourth-order valence-corrected chi connectivity index (χ4v) is 3.57. The van der Waals surface area contributed by atoms with Crippen molar-refractivity contribution in [1.29, 1.82) is 0 Å². The van der Waals surface area contributed by atoms with Crippen molar-refractivity contribution in [3.63, 3.8) is 0 Å². The number of rotatable bonds is 6. The van der Waals surface area contributed by atoms with Crippen molar-refractivity contribution in [3.05, 3.63) is 73.8 Å². The zero-order chi connectivity index (χ0) is 21.0. The highest BCUT2D eigenvalue weighted by Gasteiger charge is 2.19. The molecule has 0 spiro atoms. The topological polar surface area (TPSA) is 98.5 Å². The number of benzene rings is 2. The maximum Gasteiger partial charge on any atom is 0.338 e. The fraction of sp³-hybridized carbons (Fsp3) is 0.333. The first-order chi connectivity index (χ1) is 13.8. The van der Waals surface area contributed by atoms with E-state index in [4.69, 9.17) is 16.3 Å². The minimum absolute atomic E-state index is 0.0448. The lowest BCUT2D eigenvalue weighted by Crippen LogP contribution is -2.31. The molecule has 0 radical (unpaired) electrons. The molecule has 0 bridgehead atoms. The summed E-state index contributed by atoms with van der Waals surface area (Å²) < 4.78 is 4.98. The van der Waals surface area contributed by atoms with Crippen LogP contribution in [0.15, 0.2) is 36.4 Å². The van der Waals surface area contributed by atoms with Gasteiger partial charge in [-0.05, 0) is 61.4 Å². The van der Waals surface area contributed by atoms with Crippen molar-refractivity contribution < 1.29 is 19.2 Å². The van der Waals surface area contributed by atoms with Gasteiger partial charge in [-0.2, -0.15) is 0 Å². The maximum atomic E-state index is 12.2. The van der Waals surface area contributed by atoms with Crippen molar-refractivity contribution >= 4 is 29.2 Å². The zero-order valence-electron chi connectivity index (χ0n) is 15.9. The first-order valence-electron chi connectivity index (χ1n) is 9.37. The van der Waals surface area contributed by atoms with Gasteiger partial charge in [-0.3, -0.25) is 14.9 Å². The van der Waals surface area contributed by atoms with E-state index in [1.54, 1.807) is 0 Å². The van der Waals surface area contributed by atoms with E-state index in [2.05, 4.69) is 17.4 Å². The molecule has 1 N–H and O–H groups in total. The molecule has 3 rings (SSSR count). The molecule has 7 nitrogen and oxygen atoms in total. The number of hydrogen-bond acceptors (Lipinski definition) is 5. The molecule has 0 saturated carbocycles. The van der Waals surface area contributed by atoms with Crippen LogP contribution in [0, 0.1) is 10.1 Å². The smallest absolute Gasteiger partial charge is 0.338 e. The van der Waals surface area contributed by atoms with Crippen LogP contribution in [-0.4, -0.2) is 23.4 Å². The summed E-state index contributed by atoms with van der Waals surface area (Å²) in [7, 11) is 0. The van der Waals surface area contributed by atoms with E-state index in [9.17, 15) is 19.7 Å². The average molecular weight is 417 g/mol. The third kappa shape index (κ3) is 5.12. The first-order valence-corrected chi connectivity index (χ1v) is 9.75. The monoisotopic (exact) mass is 416 g/mol. The van der Waals surface area contributed by atoms with Gasteiger partial charge in [-0.25, -0.2) is 4.79 Å². The van der Waals surface area contributed by atoms with Gasteiger partial charge >= 0.3 is 5.97 Å².